The summed E-state index contributed by atoms with van der Waals surface area (Å²) in [6.45, 7) is 5.26. The zero-order chi connectivity index (χ0) is 23.3. The highest BCUT2D eigenvalue weighted by molar-refractivity contribution is 4.86. The highest BCUT2D eigenvalue weighted by Gasteiger charge is 2.32. The molecule has 3 heteroatoms. The third-order valence-electron chi connectivity index (χ3n) is 7.22. The molecule has 4 atom stereocenters. The maximum atomic E-state index is 9.88. The average molecular weight is 452 g/mol. The molecule has 3 N–H and O–H groups in total. The predicted molar refractivity (Wildman–Crippen MR) is 140 cm³/mol. The van der Waals surface area contributed by atoms with Crippen LogP contribution in [0.1, 0.15) is 142 Å². The van der Waals surface area contributed by atoms with Gasteiger partial charge >= 0.3 is 0 Å². The summed E-state index contributed by atoms with van der Waals surface area (Å²) in [5.41, 5.74) is 5.78. The Kier molecular flexibility index (Phi) is 19.6. The Morgan fingerprint density at radius 2 is 1.28 bits per heavy atom. The molecule has 1 rings (SSSR count). The second-order valence-corrected chi connectivity index (χ2v) is 10.5. The fraction of sp³-hybridized carbons (Fsp3) is 0.931. The molecule has 0 amide bonds. The number of hydrogen-bond acceptors (Lipinski definition) is 3. The van der Waals surface area contributed by atoms with E-state index in [0.717, 1.165) is 18.8 Å². The second-order valence-electron chi connectivity index (χ2n) is 10.5. The van der Waals surface area contributed by atoms with E-state index in [0.29, 0.717) is 6.61 Å². The highest BCUT2D eigenvalue weighted by Crippen LogP contribution is 2.20. The summed E-state index contributed by atoms with van der Waals surface area (Å²) in [4.78, 5) is 0. The van der Waals surface area contributed by atoms with Gasteiger partial charge in [0, 0.05) is 0 Å². The molecule has 0 aromatic rings. The maximum absolute atomic E-state index is 9.88. The predicted octanol–water partition coefficient (Wildman–Crippen LogP) is 8.09. The zero-order valence-corrected chi connectivity index (χ0v) is 21.7. The van der Waals surface area contributed by atoms with Crippen LogP contribution >= 0.6 is 0 Å². The van der Waals surface area contributed by atoms with Crippen LogP contribution in [-0.2, 0) is 4.74 Å². The SMILES string of the molecule is CCCCCCCCCC(C)CCCCCC/C=C\CCCCCC[C@@H]1OC[C@H](N)[C@@H]1O. The molecule has 1 heterocycles. The van der Waals surface area contributed by atoms with Crippen molar-refractivity contribution in [2.75, 3.05) is 6.61 Å². The van der Waals surface area contributed by atoms with Crippen molar-refractivity contribution < 1.29 is 9.84 Å². The van der Waals surface area contributed by atoms with Gasteiger partial charge < -0.3 is 15.6 Å². The van der Waals surface area contributed by atoms with E-state index in [1.54, 1.807) is 0 Å². The van der Waals surface area contributed by atoms with Gasteiger partial charge in [-0.1, -0.05) is 122 Å². The van der Waals surface area contributed by atoms with Gasteiger partial charge in [0.1, 0.15) is 0 Å². The van der Waals surface area contributed by atoms with E-state index >= 15 is 0 Å². The molecular formula is C29H57NO2. The minimum absolute atomic E-state index is 0.0294. The number of unbranched alkanes of at least 4 members (excludes halogenated alkanes) is 14. The number of aliphatic hydroxyl groups is 1. The minimum atomic E-state index is -0.462. The summed E-state index contributed by atoms with van der Waals surface area (Å²) in [5, 5.41) is 9.88. The Balaban J connectivity index is 1.77. The van der Waals surface area contributed by atoms with Crippen molar-refractivity contribution in [1.29, 1.82) is 0 Å². The van der Waals surface area contributed by atoms with E-state index in [9.17, 15) is 5.11 Å². The van der Waals surface area contributed by atoms with Crippen LogP contribution in [0.2, 0.25) is 0 Å². The van der Waals surface area contributed by atoms with E-state index in [4.69, 9.17) is 10.5 Å². The molecule has 0 bridgehead atoms. The molecule has 3 nitrogen and oxygen atoms in total. The van der Waals surface area contributed by atoms with Crippen molar-refractivity contribution >= 4 is 0 Å². The fourth-order valence-corrected chi connectivity index (χ4v) is 4.86. The number of rotatable bonds is 22. The molecule has 1 unspecified atom stereocenters. The number of nitrogens with two attached hydrogens (primary N) is 1. The quantitative estimate of drug-likeness (QED) is 0.129. The van der Waals surface area contributed by atoms with Crippen molar-refractivity contribution in [1.82, 2.24) is 0 Å². The van der Waals surface area contributed by atoms with Crippen molar-refractivity contribution in [2.24, 2.45) is 11.7 Å². The third-order valence-corrected chi connectivity index (χ3v) is 7.22. The number of aliphatic hydroxyl groups excluding tert-OH is 1. The van der Waals surface area contributed by atoms with Gasteiger partial charge in [-0.3, -0.25) is 0 Å². The molecular weight excluding hydrogens is 394 g/mol. The van der Waals surface area contributed by atoms with E-state index < -0.39 is 6.10 Å². The summed E-state index contributed by atoms with van der Waals surface area (Å²) < 4.78 is 5.54. The molecule has 32 heavy (non-hydrogen) atoms. The van der Waals surface area contributed by atoms with Crippen molar-refractivity contribution in [3.63, 3.8) is 0 Å². The van der Waals surface area contributed by atoms with Gasteiger partial charge in [-0.25, -0.2) is 0 Å². The third kappa shape index (κ3) is 16.3. The van der Waals surface area contributed by atoms with Crippen LogP contribution < -0.4 is 5.73 Å². The monoisotopic (exact) mass is 451 g/mol. The molecule has 0 aromatic carbocycles. The molecule has 0 aliphatic carbocycles. The summed E-state index contributed by atoms with van der Waals surface area (Å²) in [6, 6.07) is -0.187. The summed E-state index contributed by atoms with van der Waals surface area (Å²) >= 11 is 0. The Morgan fingerprint density at radius 3 is 1.81 bits per heavy atom. The Bertz CT molecular complexity index is 425. The molecule has 1 saturated heterocycles. The van der Waals surface area contributed by atoms with Crippen molar-refractivity contribution in [3.05, 3.63) is 12.2 Å². The smallest absolute Gasteiger partial charge is 0.0974 e. The van der Waals surface area contributed by atoms with Gasteiger partial charge in [0.15, 0.2) is 0 Å². The second kappa shape index (κ2) is 21.2. The lowest BCUT2D eigenvalue weighted by Gasteiger charge is -2.14. The first kappa shape index (κ1) is 29.7. The van der Waals surface area contributed by atoms with Crippen LogP contribution in [0.4, 0.5) is 0 Å². The maximum Gasteiger partial charge on any atom is 0.0974 e. The number of hydrogen-bond donors (Lipinski definition) is 2. The first-order chi connectivity index (χ1) is 15.6. The van der Waals surface area contributed by atoms with E-state index in [-0.39, 0.29) is 12.1 Å². The molecule has 1 aliphatic heterocycles. The molecule has 190 valence electrons. The van der Waals surface area contributed by atoms with Crippen LogP contribution in [0.25, 0.3) is 0 Å². The molecule has 0 aromatic heterocycles. The summed E-state index contributed by atoms with van der Waals surface area (Å²) in [7, 11) is 0. The van der Waals surface area contributed by atoms with Crippen LogP contribution in [0, 0.1) is 5.92 Å². The Hall–Kier alpha value is -0.380. The number of allylic oxidation sites excluding steroid dienone is 2. The first-order valence-electron chi connectivity index (χ1n) is 14.3. The Morgan fingerprint density at radius 1 is 0.781 bits per heavy atom. The molecule has 1 fully saturated rings. The lowest BCUT2D eigenvalue weighted by molar-refractivity contribution is 0.0342. The van der Waals surface area contributed by atoms with Crippen LogP contribution in [0.5, 0.6) is 0 Å². The topological polar surface area (TPSA) is 55.5 Å². The van der Waals surface area contributed by atoms with Crippen molar-refractivity contribution in [3.8, 4) is 0 Å². The molecule has 0 saturated carbocycles. The van der Waals surface area contributed by atoms with Crippen LogP contribution in [-0.4, -0.2) is 30.0 Å². The lowest BCUT2D eigenvalue weighted by atomic mass is 9.96. The molecule has 0 spiro atoms. The normalized spacial score (nSPS) is 22.2. The van der Waals surface area contributed by atoms with Gasteiger partial charge in [-0.2, -0.15) is 0 Å². The Labute approximate surface area is 201 Å². The average Bonchev–Trinajstić information content (AvgIpc) is 3.11. The van der Waals surface area contributed by atoms with Gasteiger partial charge in [-0.15, -0.1) is 0 Å². The molecule has 1 aliphatic rings. The standard InChI is InChI=1S/C29H57NO2/c1-3-4-5-6-13-16-19-22-26(2)23-20-17-14-11-9-7-8-10-12-15-18-21-24-28-29(31)27(30)25-32-28/h7-8,26-29,31H,3-6,9-25,30H2,1-2H3/b8-7-/t26?,27-,28-,29-/m0/s1. The summed E-state index contributed by atoms with van der Waals surface area (Å²) in [6.07, 6.45) is 31.1. The van der Waals surface area contributed by atoms with Gasteiger partial charge in [0.2, 0.25) is 0 Å². The van der Waals surface area contributed by atoms with E-state index in [1.807, 2.05) is 0 Å². The first-order valence-corrected chi connectivity index (χ1v) is 14.3. The van der Waals surface area contributed by atoms with E-state index in [2.05, 4.69) is 26.0 Å². The summed E-state index contributed by atoms with van der Waals surface area (Å²) in [5.74, 6) is 0.930. The lowest BCUT2D eigenvalue weighted by Crippen LogP contribution is -2.36. The fourth-order valence-electron chi connectivity index (χ4n) is 4.86. The van der Waals surface area contributed by atoms with Crippen molar-refractivity contribution in [2.45, 2.75) is 161 Å². The minimum Gasteiger partial charge on any atom is -0.389 e. The van der Waals surface area contributed by atoms with Crippen LogP contribution in [0.15, 0.2) is 12.2 Å². The largest absolute Gasteiger partial charge is 0.389 e. The number of ether oxygens (including phenoxy) is 1. The highest BCUT2D eigenvalue weighted by atomic mass is 16.5. The van der Waals surface area contributed by atoms with Crippen LogP contribution in [0.3, 0.4) is 0 Å². The van der Waals surface area contributed by atoms with E-state index in [1.165, 1.54) is 116 Å². The zero-order valence-electron chi connectivity index (χ0n) is 21.7. The van der Waals surface area contributed by atoms with Gasteiger partial charge in [0.25, 0.3) is 0 Å². The molecule has 0 radical (unpaired) electrons. The van der Waals surface area contributed by atoms with Gasteiger partial charge in [0.05, 0.1) is 24.9 Å². The van der Waals surface area contributed by atoms with Gasteiger partial charge in [-0.05, 0) is 38.0 Å².